The van der Waals surface area contributed by atoms with Gasteiger partial charge in [-0.1, -0.05) is 372 Å². The largest absolute Gasteiger partial charge is 0.456 e. The number of hydrogen-bond acceptors (Lipinski definition) is 6. The summed E-state index contributed by atoms with van der Waals surface area (Å²) in [5, 5.41) is 14.0. The first-order valence-corrected chi connectivity index (χ1v) is 50.7. The third kappa shape index (κ3) is 15.2. The first-order valence-electron chi connectivity index (χ1n) is 50.7. The monoisotopic (exact) mass is 1890 g/mol. The van der Waals surface area contributed by atoms with Crippen LogP contribution in [0.25, 0.3) is 165 Å². The third-order valence-corrected chi connectivity index (χ3v) is 30.1. The molecule has 0 N–H and O–H groups in total. The van der Waals surface area contributed by atoms with Gasteiger partial charge >= 0.3 is 0 Å². The van der Waals surface area contributed by atoms with Crippen molar-refractivity contribution in [3.8, 4) is 123 Å². The average Bonchev–Trinajstić information content (AvgIpc) is 0.879. The van der Waals surface area contributed by atoms with Crippen molar-refractivity contribution in [3.63, 3.8) is 0 Å². The highest BCUT2D eigenvalue weighted by Crippen LogP contribution is 2.59. The van der Waals surface area contributed by atoms with Crippen molar-refractivity contribution in [2.24, 2.45) is 0 Å². The van der Waals surface area contributed by atoms with Crippen LogP contribution in [0.1, 0.15) is 25.0 Å². The Balaban J connectivity index is 0.000000146. The Morgan fingerprint density at radius 2 is 0.480 bits per heavy atom. The van der Waals surface area contributed by atoms with E-state index < -0.39 is 0 Å². The lowest BCUT2D eigenvalue weighted by Crippen LogP contribution is -2.16. The minimum atomic E-state index is -0.328. The zero-order valence-electron chi connectivity index (χ0n) is 81.4. The number of anilines is 12. The molecule has 2 heterocycles. The number of para-hydroxylation sites is 6. The first-order chi connectivity index (χ1) is 73.1. The van der Waals surface area contributed by atoms with Gasteiger partial charge < -0.3 is 29.1 Å². The summed E-state index contributed by atoms with van der Waals surface area (Å²) >= 11 is 0. The maximum absolute atomic E-state index is 17.4. The molecule has 698 valence electrons. The Morgan fingerprint density at radius 3 is 0.932 bits per heavy atom. The molecular weight excluding hydrogens is 1800 g/mol. The van der Waals surface area contributed by atoms with E-state index in [9.17, 15) is 0 Å². The standard InChI is InChI=1S/C72H47FN2O.C69H48N2O/c73-67-44-52(48-21-6-1-7-22-48)43-63(50-25-10-3-11-26-50)72(67)75(54-29-14-5-15-30-54)56-41-42-60-66-47-64-59-33-17-16-32-58(59)62(46-65(64)61-34-20-36-69(71(61)66)76-70(60)45-56)51-37-39-55(40-38-51)74(53-27-12-4-13-28-53)68-35-19-18-31-57(68)49-23-8-2-9-24-49;1-69(2)63-30-16-14-28-55(63)56-39-37-50(41-64(56)69)70(47-21-8-4-9-22-47)51-38-40-57-62-44-60-54-27-13-12-26-53(54)59(43-61(60)58-29-18-32-66(68(58)62)72-67(57)42-51)46-33-35-49(36-34-46)71(48-23-10-5-11-24-48)65-31-17-15-25-52(65)45-19-6-3-7-20-45/h1-47H;3-44H,1-2H3. The molecule has 0 amide bonds. The summed E-state index contributed by atoms with van der Waals surface area (Å²) in [4.78, 5) is 9.11. The number of fused-ring (bicyclic) bond motifs is 15. The van der Waals surface area contributed by atoms with Gasteiger partial charge in [0, 0.05) is 102 Å². The topological polar surface area (TPSA) is 31.4 Å². The molecule has 0 aromatic heterocycles. The van der Waals surface area contributed by atoms with Crippen LogP contribution in [0, 0.1) is 5.82 Å². The Labute approximate surface area is 859 Å². The summed E-state index contributed by atoms with van der Waals surface area (Å²) in [6.45, 7) is 4.69. The van der Waals surface area contributed by atoms with Crippen LogP contribution in [-0.2, 0) is 5.41 Å². The lowest BCUT2D eigenvalue weighted by atomic mass is 9.82. The molecule has 0 bridgehead atoms. The van der Waals surface area contributed by atoms with Crippen LogP contribution in [0.5, 0.6) is 23.0 Å². The van der Waals surface area contributed by atoms with Gasteiger partial charge in [0.25, 0.3) is 0 Å². The summed E-state index contributed by atoms with van der Waals surface area (Å²) in [5.41, 5.74) is 34.3. The number of nitrogens with zero attached hydrogens (tertiary/aromatic N) is 4. The smallest absolute Gasteiger partial charge is 0.148 e. The highest BCUT2D eigenvalue weighted by molar-refractivity contribution is 6.28. The number of halogens is 1. The minimum absolute atomic E-state index is 0.120. The molecule has 1 aliphatic carbocycles. The predicted octanol–water partition coefficient (Wildman–Crippen LogP) is 40.2. The van der Waals surface area contributed by atoms with E-state index in [1.54, 1.807) is 6.07 Å². The Bertz CT molecular complexity index is 9490. The highest BCUT2D eigenvalue weighted by atomic mass is 19.1. The molecule has 0 unspecified atom stereocenters. The molecule has 25 aromatic carbocycles. The normalized spacial score (nSPS) is 12.2. The fraction of sp³-hybridized carbons (Fsp3) is 0.0213. The predicted molar refractivity (Wildman–Crippen MR) is 618 cm³/mol. The van der Waals surface area contributed by atoms with E-state index in [4.69, 9.17) is 9.47 Å². The van der Waals surface area contributed by atoms with E-state index in [1.165, 1.54) is 93.2 Å². The average molecular weight is 1900 g/mol. The SMILES string of the molecule is CC1(C)c2ccccc2-c2ccc(N(c3ccccc3)c3ccc4c(c3)Oc3cccc5c3c-4cc3c4ccccc4c(-c4ccc(N(c6ccccc6)c6ccccc6-c6ccccc6)cc4)cc53)cc21.Fc1cc(-c2ccccc2)cc(-c2ccccc2)c1N(c1ccccc1)c1ccc2c(c1)Oc1cccc3c1c-2cc1c2ccccc2c(-c2ccc(N(c4ccccc4)c4ccccc4-c4ccccc4)cc2)cc31. The van der Waals surface area contributed by atoms with Crippen LogP contribution in [0.15, 0.2) is 540 Å². The minimum Gasteiger partial charge on any atom is -0.456 e. The zero-order chi connectivity index (χ0) is 98.4. The Morgan fingerprint density at radius 1 is 0.169 bits per heavy atom. The van der Waals surface area contributed by atoms with Gasteiger partial charge in [-0.05, 0) is 307 Å². The molecule has 0 spiro atoms. The quantitative estimate of drug-likeness (QED) is 0.0796. The summed E-state index contributed by atoms with van der Waals surface area (Å²) < 4.78 is 31.4. The van der Waals surface area contributed by atoms with Gasteiger partial charge in [-0.15, -0.1) is 0 Å². The molecule has 0 atom stereocenters. The molecule has 28 rings (SSSR count). The Hall–Kier alpha value is -19.2. The molecule has 0 fully saturated rings. The maximum Gasteiger partial charge on any atom is 0.148 e. The summed E-state index contributed by atoms with van der Waals surface area (Å²) in [7, 11) is 0. The van der Waals surface area contributed by atoms with Crippen molar-refractivity contribution in [1.29, 1.82) is 0 Å². The number of benzene rings is 25. The second kappa shape index (κ2) is 36.6. The van der Waals surface area contributed by atoms with Gasteiger partial charge in [-0.3, -0.25) is 0 Å². The van der Waals surface area contributed by atoms with Crippen LogP contribution in [0.4, 0.5) is 72.6 Å². The maximum atomic E-state index is 17.4. The second-order valence-corrected chi connectivity index (χ2v) is 38.9. The lowest BCUT2D eigenvalue weighted by molar-refractivity contribution is 0.487. The van der Waals surface area contributed by atoms with Crippen LogP contribution < -0.4 is 29.1 Å². The van der Waals surface area contributed by atoms with E-state index in [2.05, 4.69) is 471 Å². The molecule has 25 aromatic rings. The molecule has 0 saturated heterocycles. The molecule has 6 nitrogen and oxygen atoms in total. The highest BCUT2D eigenvalue weighted by Gasteiger charge is 2.37. The molecule has 2 aliphatic heterocycles. The van der Waals surface area contributed by atoms with Crippen molar-refractivity contribution in [1.82, 2.24) is 0 Å². The summed E-state index contributed by atoms with van der Waals surface area (Å²) in [6, 6.07) is 192. The van der Waals surface area contributed by atoms with Crippen molar-refractivity contribution < 1.29 is 13.9 Å². The van der Waals surface area contributed by atoms with Crippen LogP contribution in [-0.4, -0.2) is 0 Å². The van der Waals surface area contributed by atoms with Gasteiger partial charge in [-0.2, -0.15) is 0 Å². The molecule has 7 heteroatoms. The van der Waals surface area contributed by atoms with E-state index >= 15 is 4.39 Å². The number of ether oxygens (including phenoxy) is 2. The van der Waals surface area contributed by atoms with Crippen molar-refractivity contribution >= 4 is 133 Å². The molecule has 0 radical (unpaired) electrons. The van der Waals surface area contributed by atoms with Crippen molar-refractivity contribution in [2.45, 2.75) is 19.3 Å². The van der Waals surface area contributed by atoms with Crippen LogP contribution in [0.2, 0.25) is 0 Å². The number of rotatable bonds is 18. The van der Waals surface area contributed by atoms with Crippen molar-refractivity contribution in [3.05, 3.63) is 557 Å². The van der Waals surface area contributed by atoms with Gasteiger partial charge in [-0.25, -0.2) is 4.39 Å². The van der Waals surface area contributed by atoms with Gasteiger partial charge in [0.15, 0.2) is 0 Å². The molecular formula is C141H95FN4O2. The van der Waals surface area contributed by atoms with Gasteiger partial charge in [0.05, 0.1) is 22.7 Å². The van der Waals surface area contributed by atoms with Gasteiger partial charge in [0.2, 0.25) is 0 Å². The first kappa shape index (κ1) is 87.8. The van der Waals surface area contributed by atoms with Crippen molar-refractivity contribution in [2.75, 3.05) is 19.6 Å². The fourth-order valence-electron chi connectivity index (χ4n) is 23.2. The Kier molecular flexibility index (Phi) is 21.7. The van der Waals surface area contributed by atoms with Crippen LogP contribution in [0.3, 0.4) is 0 Å². The molecule has 148 heavy (non-hydrogen) atoms. The number of hydrogen-bond donors (Lipinski definition) is 0. The van der Waals surface area contributed by atoms with E-state index in [1.807, 2.05) is 95.9 Å². The molecule has 3 aliphatic rings. The van der Waals surface area contributed by atoms with Crippen LogP contribution >= 0.6 is 0 Å². The molecule has 0 saturated carbocycles. The summed E-state index contributed by atoms with van der Waals surface area (Å²) in [5.74, 6) is 2.87. The van der Waals surface area contributed by atoms with E-state index in [0.29, 0.717) is 11.4 Å². The van der Waals surface area contributed by atoms with E-state index in [-0.39, 0.29) is 11.2 Å². The second-order valence-electron chi connectivity index (χ2n) is 38.9. The zero-order valence-corrected chi connectivity index (χ0v) is 81.4. The van der Waals surface area contributed by atoms with Gasteiger partial charge in [0.1, 0.15) is 28.8 Å². The lowest BCUT2D eigenvalue weighted by Gasteiger charge is -2.30. The van der Waals surface area contributed by atoms with E-state index in [0.717, 1.165) is 163 Å². The fourth-order valence-corrected chi connectivity index (χ4v) is 23.2. The third-order valence-electron chi connectivity index (χ3n) is 30.1. The summed E-state index contributed by atoms with van der Waals surface area (Å²) in [6.07, 6.45) is 0.